The summed E-state index contributed by atoms with van der Waals surface area (Å²) in [6.07, 6.45) is -4.03. The Morgan fingerprint density at radius 1 is 1.21 bits per heavy atom. The second-order valence-corrected chi connectivity index (χ2v) is 8.80. The Balaban J connectivity index is 2.01. The molecule has 0 radical (unpaired) electrons. The van der Waals surface area contributed by atoms with Crippen molar-refractivity contribution in [1.29, 1.82) is 5.26 Å². The van der Waals surface area contributed by atoms with Gasteiger partial charge in [-0.2, -0.15) is 18.4 Å². The molecule has 1 saturated carbocycles. The summed E-state index contributed by atoms with van der Waals surface area (Å²) in [6, 6.07) is 9.56. The predicted molar refractivity (Wildman–Crippen MR) is 117 cm³/mol. The highest BCUT2D eigenvalue weighted by Gasteiger charge is 2.40. The number of Topliss-reactive ketones (excluding diaryl/α,β-unsaturated/α-hetero) is 1. The number of aromatic nitrogens is 1. The van der Waals surface area contributed by atoms with Crippen LogP contribution in [0.4, 0.5) is 23.7 Å². The van der Waals surface area contributed by atoms with Gasteiger partial charge in [-0.15, -0.1) is 0 Å². The molecule has 34 heavy (non-hydrogen) atoms. The first kappa shape index (κ1) is 24.9. The number of alkyl halides is 3. The van der Waals surface area contributed by atoms with E-state index < -0.39 is 35.5 Å². The van der Waals surface area contributed by atoms with Gasteiger partial charge in [0.15, 0.2) is 0 Å². The predicted octanol–water partition coefficient (Wildman–Crippen LogP) is 5.29. The van der Waals surface area contributed by atoms with Gasteiger partial charge in [0, 0.05) is 18.3 Å². The number of hydrogen-bond acceptors (Lipinski definition) is 6. The van der Waals surface area contributed by atoms with Gasteiger partial charge >= 0.3 is 12.3 Å². The third-order valence-corrected chi connectivity index (χ3v) is 5.04. The lowest BCUT2D eigenvalue weighted by Crippen LogP contribution is -2.40. The van der Waals surface area contributed by atoms with Crippen molar-refractivity contribution in [3.63, 3.8) is 0 Å². The molecule has 0 aliphatic heterocycles. The number of rotatable bonds is 4. The van der Waals surface area contributed by atoms with Crippen molar-refractivity contribution >= 4 is 23.3 Å². The number of hydrogen-bond donors (Lipinski definition) is 1. The molecule has 0 spiro atoms. The van der Waals surface area contributed by atoms with Crippen molar-refractivity contribution in [1.82, 2.24) is 10.3 Å². The normalized spacial score (nSPS) is 18.4. The summed E-state index contributed by atoms with van der Waals surface area (Å²) in [7, 11) is 0. The van der Waals surface area contributed by atoms with E-state index >= 15 is 0 Å². The number of ketones is 1. The van der Waals surface area contributed by atoms with Crippen LogP contribution >= 0.6 is 0 Å². The number of alkyl carbamates (subject to hydrolysis) is 1. The van der Waals surface area contributed by atoms with E-state index in [9.17, 15) is 22.8 Å². The summed E-state index contributed by atoms with van der Waals surface area (Å²) in [6.45, 7) is 5.08. The molecular weight excluding hydrogens is 449 g/mol. The Morgan fingerprint density at radius 3 is 2.47 bits per heavy atom. The molecule has 1 heterocycles. The quantitative estimate of drug-likeness (QED) is 0.651. The Labute approximate surface area is 194 Å². The topological polar surface area (TPSA) is 104 Å². The van der Waals surface area contributed by atoms with Crippen molar-refractivity contribution in [2.45, 2.75) is 51.4 Å². The third kappa shape index (κ3) is 6.19. The summed E-state index contributed by atoms with van der Waals surface area (Å²) < 4.78 is 44.5. The second kappa shape index (κ2) is 9.63. The molecule has 10 heteroatoms. The number of pyridine rings is 1. The Bertz CT molecular complexity index is 1150. The summed E-state index contributed by atoms with van der Waals surface area (Å²) in [5, 5.41) is 11.8. The van der Waals surface area contributed by atoms with Crippen molar-refractivity contribution < 1.29 is 27.5 Å². The van der Waals surface area contributed by atoms with Gasteiger partial charge in [-0.25, -0.2) is 4.79 Å². The van der Waals surface area contributed by atoms with Crippen molar-refractivity contribution in [3.05, 3.63) is 59.4 Å². The number of amides is 1. The highest BCUT2D eigenvalue weighted by molar-refractivity contribution is 6.12. The molecule has 0 saturated heterocycles. The van der Waals surface area contributed by atoms with E-state index in [0.717, 1.165) is 12.3 Å². The number of nitriles is 1. The molecule has 2 unspecified atom stereocenters. The second-order valence-electron chi connectivity index (χ2n) is 8.80. The van der Waals surface area contributed by atoms with Crippen LogP contribution in [0.2, 0.25) is 0 Å². The van der Waals surface area contributed by atoms with E-state index in [-0.39, 0.29) is 24.3 Å². The standard InChI is InChI=1S/C24H23F3N4O3/c1-23(2,3)34-22(33)31-21(15-6-4-14(13-28)5-7-15)20-17(8-9-18(20)32)30-16-10-11-29-19(12-16)24(25,26)27/h4-7,10-12,20-21H,8-9H2,1-3H3,(H,31,33). The van der Waals surface area contributed by atoms with Gasteiger partial charge in [-0.3, -0.25) is 14.8 Å². The first-order valence-electron chi connectivity index (χ1n) is 10.5. The minimum atomic E-state index is -4.63. The van der Waals surface area contributed by atoms with Crippen LogP contribution in [0.1, 0.15) is 56.5 Å². The van der Waals surface area contributed by atoms with Crippen molar-refractivity contribution in [3.8, 4) is 6.07 Å². The number of nitrogens with zero attached hydrogens (tertiary/aromatic N) is 3. The molecule has 178 valence electrons. The van der Waals surface area contributed by atoms with Crippen molar-refractivity contribution in [2.24, 2.45) is 10.9 Å². The zero-order chi connectivity index (χ0) is 25.1. The molecule has 1 N–H and O–H groups in total. The Hall–Kier alpha value is -3.74. The first-order chi connectivity index (χ1) is 15.9. The maximum atomic E-state index is 13.1. The van der Waals surface area contributed by atoms with Gasteiger partial charge in [0.2, 0.25) is 0 Å². The summed E-state index contributed by atoms with van der Waals surface area (Å²) in [5.74, 6) is -1.13. The lowest BCUT2D eigenvalue weighted by Gasteiger charge is -2.27. The number of halogens is 3. The van der Waals surface area contributed by atoms with Crippen LogP contribution < -0.4 is 5.32 Å². The average Bonchev–Trinajstić information content (AvgIpc) is 3.10. The number of ether oxygens (including phenoxy) is 1. The van der Waals surface area contributed by atoms with E-state index in [0.29, 0.717) is 16.8 Å². The van der Waals surface area contributed by atoms with Gasteiger partial charge < -0.3 is 10.1 Å². The minimum Gasteiger partial charge on any atom is -0.444 e. The number of carbonyl (C=O) groups is 2. The highest BCUT2D eigenvalue weighted by atomic mass is 19.4. The lowest BCUT2D eigenvalue weighted by atomic mass is 9.89. The Morgan fingerprint density at radius 2 is 1.88 bits per heavy atom. The first-order valence-corrected chi connectivity index (χ1v) is 10.5. The molecule has 0 bridgehead atoms. The molecule has 7 nitrogen and oxygen atoms in total. The fourth-order valence-corrected chi connectivity index (χ4v) is 3.62. The van der Waals surface area contributed by atoms with Gasteiger partial charge in [-0.1, -0.05) is 12.1 Å². The van der Waals surface area contributed by atoms with Gasteiger partial charge in [0.05, 0.1) is 29.3 Å². The van der Waals surface area contributed by atoms with Crippen LogP contribution in [0.25, 0.3) is 0 Å². The Kier molecular flexibility index (Phi) is 7.05. The maximum absolute atomic E-state index is 13.1. The molecule has 1 fully saturated rings. The van der Waals surface area contributed by atoms with E-state index in [1.807, 2.05) is 6.07 Å². The molecule has 1 aromatic heterocycles. The average molecular weight is 472 g/mol. The zero-order valence-corrected chi connectivity index (χ0v) is 18.8. The van der Waals surface area contributed by atoms with Crippen LogP contribution in [0.5, 0.6) is 0 Å². The van der Waals surface area contributed by atoms with Gasteiger partial charge in [0.1, 0.15) is 17.1 Å². The number of carbonyl (C=O) groups excluding carboxylic acids is 2. The molecule has 2 aromatic rings. The summed E-state index contributed by atoms with van der Waals surface area (Å²) >= 11 is 0. The monoisotopic (exact) mass is 472 g/mol. The molecule has 1 amide bonds. The van der Waals surface area contributed by atoms with Crippen LogP contribution in [-0.4, -0.2) is 28.2 Å². The van der Waals surface area contributed by atoms with Crippen LogP contribution in [0.15, 0.2) is 47.6 Å². The van der Waals surface area contributed by atoms with Crippen LogP contribution in [0, 0.1) is 17.2 Å². The number of benzene rings is 1. The third-order valence-electron chi connectivity index (χ3n) is 5.04. The minimum absolute atomic E-state index is 0.00729. The van der Waals surface area contributed by atoms with Crippen LogP contribution in [0.3, 0.4) is 0 Å². The molecule has 1 aromatic carbocycles. The zero-order valence-electron chi connectivity index (χ0n) is 18.8. The van der Waals surface area contributed by atoms with Crippen LogP contribution in [-0.2, 0) is 15.7 Å². The lowest BCUT2D eigenvalue weighted by molar-refractivity contribution is -0.141. The largest absolute Gasteiger partial charge is 0.444 e. The fraction of sp³-hybridized carbons (Fsp3) is 0.375. The van der Waals surface area contributed by atoms with E-state index in [1.54, 1.807) is 45.0 Å². The molecule has 1 aliphatic rings. The SMILES string of the molecule is CC(C)(C)OC(=O)NC(c1ccc(C#N)cc1)C1C(=O)CCC1=Nc1ccnc(C(F)(F)F)c1. The fourth-order valence-electron chi connectivity index (χ4n) is 3.62. The van der Waals surface area contributed by atoms with Gasteiger partial charge in [0.25, 0.3) is 0 Å². The summed E-state index contributed by atoms with van der Waals surface area (Å²) in [5.41, 5.74) is -0.610. The van der Waals surface area contributed by atoms with Gasteiger partial charge in [-0.05, 0) is 57.0 Å². The molecule has 2 atom stereocenters. The van der Waals surface area contributed by atoms with Crippen molar-refractivity contribution in [2.75, 3.05) is 0 Å². The highest BCUT2D eigenvalue weighted by Crippen LogP contribution is 2.35. The molecular formula is C24H23F3N4O3. The number of aliphatic imine (C=N–C) groups is 1. The number of nitrogens with one attached hydrogen (secondary N) is 1. The van der Waals surface area contributed by atoms with E-state index in [1.165, 1.54) is 6.07 Å². The van der Waals surface area contributed by atoms with E-state index in [2.05, 4.69) is 15.3 Å². The van der Waals surface area contributed by atoms with E-state index in [4.69, 9.17) is 10.00 Å². The maximum Gasteiger partial charge on any atom is 0.433 e. The summed E-state index contributed by atoms with van der Waals surface area (Å²) in [4.78, 5) is 33.1. The molecule has 1 aliphatic carbocycles. The molecule has 3 rings (SSSR count). The smallest absolute Gasteiger partial charge is 0.433 e.